The molecule has 3 aromatic carbocycles. The van der Waals surface area contributed by atoms with Gasteiger partial charge in [-0.1, -0.05) is 66.2 Å². The van der Waals surface area contributed by atoms with Crippen molar-refractivity contribution in [3.63, 3.8) is 0 Å². The van der Waals surface area contributed by atoms with E-state index in [1.54, 1.807) is 0 Å². The van der Waals surface area contributed by atoms with Gasteiger partial charge in [0.2, 0.25) is 0 Å². The van der Waals surface area contributed by atoms with Crippen LogP contribution in [0.5, 0.6) is 0 Å². The van der Waals surface area contributed by atoms with Gasteiger partial charge in [-0.25, -0.2) is 0 Å². The van der Waals surface area contributed by atoms with Crippen molar-refractivity contribution in [3.8, 4) is 0 Å². The molecule has 0 aliphatic carbocycles. The van der Waals surface area contributed by atoms with Crippen molar-refractivity contribution in [1.29, 1.82) is 0 Å². The Labute approximate surface area is 181 Å². The lowest BCUT2D eigenvalue weighted by atomic mass is 10.1. The third-order valence-electron chi connectivity index (χ3n) is 4.92. The highest BCUT2D eigenvalue weighted by Crippen LogP contribution is 2.23. The average Bonchev–Trinajstić information content (AvgIpc) is 3.04. The number of anilines is 1. The summed E-state index contributed by atoms with van der Waals surface area (Å²) in [5.74, 6) is 0. The molecule has 0 aliphatic heterocycles. The van der Waals surface area contributed by atoms with Gasteiger partial charge in [-0.3, -0.25) is 0 Å². The monoisotopic (exact) mass is 419 g/mol. The van der Waals surface area contributed by atoms with E-state index >= 15 is 0 Å². The van der Waals surface area contributed by atoms with Crippen molar-refractivity contribution in [2.75, 3.05) is 5.32 Å². The molecule has 1 aromatic heterocycles. The van der Waals surface area contributed by atoms with Crippen LogP contribution >= 0.6 is 23.8 Å². The molecule has 146 valence electrons. The number of aromatic nitrogens is 1. The fourth-order valence-electron chi connectivity index (χ4n) is 3.53. The predicted octanol–water partition coefficient (Wildman–Crippen LogP) is 6.23. The summed E-state index contributed by atoms with van der Waals surface area (Å²) < 4.78 is 2.17. The zero-order valence-electron chi connectivity index (χ0n) is 16.2. The molecule has 4 rings (SSSR count). The normalized spacial score (nSPS) is 10.8. The van der Waals surface area contributed by atoms with Crippen LogP contribution < -0.4 is 5.32 Å². The van der Waals surface area contributed by atoms with E-state index in [4.69, 9.17) is 23.8 Å². The summed E-state index contributed by atoms with van der Waals surface area (Å²) in [6, 6.07) is 26.5. The maximum Gasteiger partial charge on any atom is 0.174 e. The molecular weight excluding hydrogens is 398 g/mol. The van der Waals surface area contributed by atoms with Crippen LogP contribution in [0.25, 0.3) is 10.9 Å². The van der Waals surface area contributed by atoms with Gasteiger partial charge in [0.05, 0.1) is 0 Å². The summed E-state index contributed by atoms with van der Waals surface area (Å²) in [5.41, 5.74) is 4.56. The number of thiocarbonyl (C=S) groups is 1. The molecule has 0 fully saturated rings. The van der Waals surface area contributed by atoms with Crippen LogP contribution in [-0.4, -0.2) is 14.6 Å². The molecule has 0 amide bonds. The Bertz CT molecular complexity index is 1140. The quantitative estimate of drug-likeness (QED) is 0.387. The molecule has 0 aliphatic rings. The fraction of sp³-hybridized carbons (Fsp3) is 0.125. The first kappa shape index (κ1) is 19.5. The highest BCUT2D eigenvalue weighted by molar-refractivity contribution is 7.80. The van der Waals surface area contributed by atoms with E-state index in [-0.39, 0.29) is 0 Å². The standard InChI is InChI=1S/C24H22ClN3S/c1-27-16-19(22-12-5-6-13-23(22)27)17-28(15-18-8-3-2-4-9-18)24(29)26-21-11-7-10-20(25)14-21/h2-14,16H,15,17H2,1H3,(H,26,29). The van der Waals surface area contributed by atoms with Crippen LogP contribution in [0.15, 0.2) is 85.1 Å². The van der Waals surface area contributed by atoms with Crippen LogP contribution in [0, 0.1) is 0 Å². The lowest BCUT2D eigenvalue weighted by molar-refractivity contribution is 0.414. The zero-order valence-corrected chi connectivity index (χ0v) is 17.8. The fourth-order valence-corrected chi connectivity index (χ4v) is 3.97. The number of hydrogen-bond acceptors (Lipinski definition) is 1. The van der Waals surface area contributed by atoms with Crippen LogP contribution in [0.3, 0.4) is 0 Å². The number of nitrogens with zero attached hydrogens (tertiary/aromatic N) is 2. The number of aryl methyl sites for hydroxylation is 1. The summed E-state index contributed by atoms with van der Waals surface area (Å²) in [6.07, 6.45) is 2.19. The van der Waals surface area contributed by atoms with Crippen molar-refractivity contribution < 1.29 is 0 Å². The predicted molar refractivity (Wildman–Crippen MR) is 126 cm³/mol. The van der Waals surface area contributed by atoms with Crippen molar-refractivity contribution >= 4 is 45.5 Å². The van der Waals surface area contributed by atoms with Gasteiger partial charge in [0.25, 0.3) is 0 Å². The maximum atomic E-state index is 6.14. The second-order valence-electron chi connectivity index (χ2n) is 7.06. The molecule has 0 spiro atoms. The Morgan fingerprint density at radius 3 is 2.52 bits per heavy atom. The van der Waals surface area contributed by atoms with Crippen molar-refractivity contribution in [3.05, 3.63) is 101 Å². The second-order valence-corrected chi connectivity index (χ2v) is 7.89. The first-order valence-electron chi connectivity index (χ1n) is 9.48. The number of nitrogens with one attached hydrogen (secondary N) is 1. The van der Waals surface area contributed by atoms with Crippen LogP contribution in [0.4, 0.5) is 5.69 Å². The number of benzene rings is 3. The minimum absolute atomic E-state index is 0.670. The summed E-state index contributed by atoms with van der Waals surface area (Å²) in [5, 5.41) is 5.95. The minimum Gasteiger partial charge on any atom is -0.350 e. The molecule has 1 heterocycles. The van der Waals surface area contributed by atoms with Gasteiger partial charge in [0.15, 0.2) is 5.11 Å². The summed E-state index contributed by atoms with van der Waals surface area (Å²) >= 11 is 11.9. The SMILES string of the molecule is Cn1cc(CN(Cc2ccccc2)C(=S)Nc2cccc(Cl)c2)c2ccccc21. The molecule has 4 aromatic rings. The Morgan fingerprint density at radius 1 is 0.966 bits per heavy atom. The van der Waals surface area contributed by atoms with E-state index in [1.807, 2.05) is 30.3 Å². The first-order valence-corrected chi connectivity index (χ1v) is 10.3. The number of rotatable bonds is 5. The lowest BCUT2D eigenvalue weighted by Crippen LogP contribution is -2.33. The average molecular weight is 420 g/mol. The maximum absolute atomic E-state index is 6.14. The zero-order chi connectivity index (χ0) is 20.2. The van der Waals surface area contributed by atoms with Crippen molar-refractivity contribution in [1.82, 2.24) is 9.47 Å². The first-order chi connectivity index (χ1) is 14.1. The third-order valence-corrected chi connectivity index (χ3v) is 5.52. The van der Waals surface area contributed by atoms with Gasteiger partial charge in [-0.05, 0) is 47.6 Å². The van der Waals surface area contributed by atoms with Gasteiger partial charge < -0.3 is 14.8 Å². The Kier molecular flexibility index (Phi) is 5.84. The third kappa shape index (κ3) is 4.61. The van der Waals surface area contributed by atoms with E-state index in [1.165, 1.54) is 22.0 Å². The lowest BCUT2D eigenvalue weighted by Gasteiger charge is -2.26. The van der Waals surface area contributed by atoms with Crippen molar-refractivity contribution in [2.24, 2.45) is 7.05 Å². The van der Waals surface area contributed by atoms with Gasteiger partial charge in [-0.15, -0.1) is 0 Å². The van der Waals surface area contributed by atoms with Gasteiger partial charge in [0.1, 0.15) is 0 Å². The van der Waals surface area contributed by atoms with E-state index < -0.39 is 0 Å². The number of hydrogen-bond donors (Lipinski definition) is 1. The molecule has 1 N–H and O–H groups in total. The van der Waals surface area contributed by atoms with Gasteiger partial charge >= 0.3 is 0 Å². The van der Waals surface area contributed by atoms with E-state index in [0.29, 0.717) is 16.7 Å². The summed E-state index contributed by atoms with van der Waals surface area (Å²) in [4.78, 5) is 2.19. The van der Waals surface area contributed by atoms with Crippen LogP contribution in [-0.2, 0) is 20.1 Å². The molecule has 0 bridgehead atoms. The minimum atomic E-state index is 0.670. The molecule has 0 atom stereocenters. The summed E-state index contributed by atoms with van der Waals surface area (Å²) in [6.45, 7) is 1.43. The topological polar surface area (TPSA) is 20.2 Å². The van der Waals surface area contributed by atoms with E-state index in [9.17, 15) is 0 Å². The molecule has 0 saturated carbocycles. The molecule has 5 heteroatoms. The largest absolute Gasteiger partial charge is 0.350 e. The second kappa shape index (κ2) is 8.68. The number of para-hydroxylation sites is 1. The number of halogens is 1. The molecule has 0 saturated heterocycles. The Hall–Kier alpha value is -2.82. The summed E-state index contributed by atoms with van der Waals surface area (Å²) in [7, 11) is 2.08. The van der Waals surface area contributed by atoms with E-state index in [2.05, 4.69) is 76.6 Å². The smallest absolute Gasteiger partial charge is 0.174 e. The van der Waals surface area contributed by atoms with Crippen molar-refractivity contribution in [2.45, 2.75) is 13.1 Å². The van der Waals surface area contributed by atoms with Crippen LogP contribution in [0.1, 0.15) is 11.1 Å². The molecule has 0 radical (unpaired) electrons. The highest BCUT2D eigenvalue weighted by Gasteiger charge is 2.15. The Morgan fingerprint density at radius 2 is 1.72 bits per heavy atom. The van der Waals surface area contributed by atoms with Gasteiger partial charge in [0, 0.05) is 47.9 Å². The highest BCUT2D eigenvalue weighted by atomic mass is 35.5. The van der Waals surface area contributed by atoms with Crippen LogP contribution in [0.2, 0.25) is 5.02 Å². The van der Waals surface area contributed by atoms with Gasteiger partial charge in [-0.2, -0.15) is 0 Å². The molecule has 3 nitrogen and oxygen atoms in total. The molecular formula is C24H22ClN3S. The number of fused-ring (bicyclic) bond motifs is 1. The van der Waals surface area contributed by atoms with E-state index in [0.717, 1.165) is 12.2 Å². The molecule has 0 unspecified atom stereocenters. The molecule has 29 heavy (non-hydrogen) atoms. The Balaban J connectivity index is 1.63.